The van der Waals surface area contributed by atoms with Crippen molar-refractivity contribution in [2.75, 3.05) is 6.26 Å². The smallest absolute Gasteiger partial charge is 0.118 e. The molecule has 0 amide bonds. The first-order valence-corrected chi connectivity index (χ1v) is 6.35. The summed E-state index contributed by atoms with van der Waals surface area (Å²) in [5.74, 6) is 0. The van der Waals surface area contributed by atoms with Crippen molar-refractivity contribution in [3.8, 4) is 0 Å². The molecule has 0 aliphatic rings. The Hall–Kier alpha value is -1.62. The van der Waals surface area contributed by atoms with Crippen molar-refractivity contribution in [3.63, 3.8) is 0 Å². The van der Waals surface area contributed by atoms with Gasteiger partial charge in [0.05, 0.1) is 6.21 Å². The van der Waals surface area contributed by atoms with Gasteiger partial charge in [0.1, 0.15) is 5.04 Å². The van der Waals surface area contributed by atoms with E-state index in [4.69, 9.17) is 5.21 Å². The molecule has 1 N–H and O–H groups in total. The molecule has 4 nitrogen and oxygen atoms in total. The minimum atomic E-state index is 0.642. The number of allylic oxidation sites excluding steroid dienone is 1. The number of hydrogen-bond acceptors (Lipinski definition) is 5. The molecule has 1 aromatic heterocycles. The lowest BCUT2D eigenvalue weighted by Gasteiger charge is -2.01. The van der Waals surface area contributed by atoms with E-state index >= 15 is 0 Å². The fourth-order valence-corrected chi connectivity index (χ4v) is 1.60. The highest BCUT2D eigenvalue weighted by Crippen LogP contribution is 2.09. The number of nitrogens with zero attached hydrogens (tertiary/aromatic N) is 3. The molecule has 1 aromatic rings. The minimum Gasteiger partial charge on any atom is -0.411 e. The lowest BCUT2D eigenvalue weighted by molar-refractivity contribution is 0.322. The molecular weight excluding hydrogens is 234 g/mol. The van der Waals surface area contributed by atoms with Crippen molar-refractivity contribution in [2.45, 2.75) is 12.8 Å². The summed E-state index contributed by atoms with van der Waals surface area (Å²) in [6.07, 6.45) is 8.37. The summed E-state index contributed by atoms with van der Waals surface area (Å²) in [6, 6.07) is 3.93. The third kappa shape index (κ3) is 5.31. The van der Waals surface area contributed by atoms with Crippen molar-refractivity contribution in [1.29, 1.82) is 0 Å². The Morgan fingerprint density at radius 3 is 3.06 bits per heavy atom. The van der Waals surface area contributed by atoms with E-state index in [9.17, 15) is 0 Å². The predicted molar refractivity (Wildman–Crippen MR) is 72.9 cm³/mol. The third-order valence-electron chi connectivity index (χ3n) is 2.07. The molecule has 1 heterocycles. The molecular formula is C12H15N3OS. The number of aromatic nitrogens is 1. The monoisotopic (exact) mass is 249 g/mol. The summed E-state index contributed by atoms with van der Waals surface area (Å²) in [7, 11) is 0. The second-order valence-electron chi connectivity index (χ2n) is 3.33. The molecule has 0 aromatic carbocycles. The van der Waals surface area contributed by atoms with E-state index in [1.165, 1.54) is 18.0 Å². The summed E-state index contributed by atoms with van der Waals surface area (Å²) >= 11 is 1.41. The van der Waals surface area contributed by atoms with Crippen LogP contribution < -0.4 is 0 Å². The highest BCUT2D eigenvalue weighted by atomic mass is 32.2. The molecule has 5 heteroatoms. The molecule has 0 aliphatic carbocycles. The zero-order valence-corrected chi connectivity index (χ0v) is 10.5. The predicted octanol–water partition coefficient (Wildman–Crippen LogP) is 2.75. The van der Waals surface area contributed by atoms with Gasteiger partial charge >= 0.3 is 0 Å². The van der Waals surface area contributed by atoms with Crippen LogP contribution in [-0.4, -0.2) is 27.7 Å². The van der Waals surface area contributed by atoms with Crippen LogP contribution in [0.1, 0.15) is 12.0 Å². The van der Waals surface area contributed by atoms with Gasteiger partial charge in [-0.3, -0.25) is 4.98 Å². The summed E-state index contributed by atoms with van der Waals surface area (Å²) in [5.41, 5.74) is 1.92. The summed E-state index contributed by atoms with van der Waals surface area (Å²) in [5, 5.41) is 12.0. The molecule has 90 valence electrons. The van der Waals surface area contributed by atoms with Crippen LogP contribution in [0.25, 0.3) is 0 Å². The van der Waals surface area contributed by atoms with E-state index in [2.05, 4.69) is 21.7 Å². The molecule has 17 heavy (non-hydrogen) atoms. The standard InChI is InChI=1S/C12H15N3OS/c1-10(15-12(17-2)9-14-16)5-6-11-4-3-7-13-8-11/h3-4,7-9,16H,1,5-6H2,2H3/b14-9-,15-12?. The van der Waals surface area contributed by atoms with Crippen molar-refractivity contribution in [1.82, 2.24) is 4.98 Å². The largest absolute Gasteiger partial charge is 0.411 e. The van der Waals surface area contributed by atoms with Crippen LogP contribution in [0.3, 0.4) is 0 Å². The zero-order valence-electron chi connectivity index (χ0n) is 9.71. The average molecular weight is 249 g/mol. The normalized spacial score (nSPS) is 11.9. The molecule has 0 aliphatic heterocycles. The first-order chi connectivity index (χ1) is 8.26. The lowest BCUT2D eigenvalue weighted by Crippen LogP contribution is -1.95. The molecule has 1 rings (SSSR count). The van der Waals surface area contributed by atoms with Crippen LogP contribution in [-0.2, 0) is 6.42 Å². The third-order valence-corrected chi connectivity index (χ3v) is 2.69. The van der Waals surface area contributed by atoms with Gasteiger partial charge in [-0.05, 0) is 30.7 Å². The molecule has 0 unspecified atom stereocenters. The number of pyridine rings is 1. The van der Waals surface area contributed by atoms with E-state index in [0.717, 1.165) is 24.1 Å². The van der Waals surface area contributed by atoms with Crippen LogP contribution in [0, 0.1) is 0 Å². The topological polar surface area (TPSA) is 57.8 Å². The van der Waals surface area contributed by atoms with Crippen LogP contribution in [0.5, 0.6) is 0 Å². The van der Waals surface area contributed by atoms with Crippen LogP contribution >= 0.6 is 11.8 Å². The summed E-state index contributed by atoms with van der Waals surface area (Å²) < 4.78 is 0. The molecule has 0 saturated carbocycles. The Labute approximate surface area is 105 Å². The molecule has 0 spiro atoms. The quantitative estimate of drug-likeness (QED) is 0.378. The fraction of sp³-hybridized carbons (Fsp3) is 0.250. The first-order valence-electron chi connectivity index (χ1n) is 5.13. The Kier molecular flexibility index (Phi) is 6.03. The van der Waals surface area contributed by atoms with Gasteiger partial charge in [0, 0.05) is 18.1 Å². The van der Waals surface area contributed by atoms with E-state index in [0.29, 0.717) is 5.04 Å². The maximum absolute atomic E-state index is 8.43. The molecule has 0 atom stereocenters. The van der Waals surface area contributed by atoms with Crippen LogP contribution in [0.4, 0.5) is 0 Å². The van der Waals surface area contributed by atoms with Crippen molar-refractivity contribution >= 4 is 23.0 Å². The van der Waals surface area contributed by atoms with Gasteiger partial charge in [0.2, 0.25) is 0 Å². The zero-order chi connectivity index (χ0) is 12.5. The molecule has 0 bridgehead atoms. The van der Waals surface area contributed by atoms with E-state index in [1.54, 1.807) is 6.20 Å². The number of aliphatic imine (C=N–C) groups is 1. The van der Waals surface area contributed by atoms with Gasteiger partial charge in [0.25, 0.3) is 0 Å². The molecule has 0 fully saturated rings. The number of oxime groups is 1. The SMILES string of the molecule is C=C(CCc1cccnc1)N=C(/C=N\O)SC. The Bertz CT molecular complexity index is 415. The maximum Gasteiger partial charge on any atom is 0.118 e. The Balaban J connectivity index is 2.50. The number of rotatable bonds is 5. The Morgan fingerprint density at radius 2 is 2.47 bits per heavy atom. The number of aryl methyl sites for hydroxylation is 1. The number of hydrogen-bond donors (Lipinski definition) is 1. The Morgan fingerprint density at radius 1 is 1.65 bits per heavy atom. The van der Waals surface area contributed by atoms with Crippen LogP contribution in [0.2, 0.25) is 0 Å². The van der Waals surface area contributed by atoms with Gasteiger partial charge in [0.15, 0.2) is 0 Å². The van der Waals surface area contributed by atoms with Crippen LogP contribution in [0.15, 0.2) is 47.0 Å². The van der Waals surface area contributed by atoms with Crippen molar-refractivity contribution < 1.29 is 5.21 Å². The van der Waals surface area contributed by atoms with Gasteiger partial charge in [-0.15, -0.1) is 11.8 Å². The van der Waals surface area contributed by atoms with Gasteiger partial charge < -0.3 is 5.21 Å². The minimum absolute atomic E-state index is 0.642. The van der Waals surface area contributed by atoms with Gasteiger partial charge in [-0.2, -0.15) is 0 Å². The van der Waals surface area contributed by atoms with Gasteiger partial charge in [-0.1, -0.05) is 17.8 Å². The van der Waals surface area contributed by atoms with Crippen molar-refractivity contribution in [2.24, 2.45) is 10.1 Å². The van der Waals surface area contributed by atoms with Crippen molar-refractivity contribution in [3.05, 3.63) is 42.4 Å². The molecule has 0 saturated heterocycles. The number of thioether (sulfide) groups is 1. The average Bonchev–Trinajstić information content (AvgIpc) is 2.37. The highest BCUT2D eigenvalue weighted by Gasteiger charge is 1.98. The van der Waals surface area contributed by atoms with E-state index in [-0.39, 0.29) is 0 Å². The van der Waals surface area contributed by atoms with E-state index < -0.39 is 0 Å². The second-order valence-corrected chi connectivity index (χ2v) is 4.15. The van der Waals surface area contributed by atoms with Gasteiger partial charge in [-0.25, -0.2) is 4.99 Å². The summed E-state index contributed by atoms with van der Waals surface area (Å²) in [4.78, 5) is 8.30. The lowest BCUT2D eigenvalue weighted by atomic mass is 10.1. The first kappa shape index (κ1) is 13.4. The maximum atomic E-state index is 8.43. The molecule has 0 radical (unpaired) electrons. The highest BCUT2D eigenvalue weighted by molar-refractivity contribution is 8.14. The van der Waals surface area contributed by atoms with E-state index in [1.807, 2.05) is 24.6 Å². The second kappa shape index (κ2) is 7.62. The fourth-order valence-electron chi connectivity index (χ4n) is 1.22. The summed E-state index contributed by atoms with van der Waals surface area (Å²) in [6.45, 7) is 3.88.